The Labute approximate surface area is 288 Å². The number of amides is 2. The fourth-order valence-electron chi connectivity index (χ4n) is 6.06. The minimum absolute atomic E-state index is 0.0367. The van der Waals surface area contributed by atoms with Crippen molar-refractivity contribution in [3.05, 3.63) is 64.0 Å². The van der Waals surface area contributed by atoms with Crippen LogP contribution in [0.25, 0.3) is 22.2 Å². The molecule has 4 heterocycles. The molecule has 0 aliphatic carbocycles. The zero-order valence-electron chi connectivity index (χ0n) is 27.1. The fourth-order valence-corrected chi connectivity index (χ4v) is 6.77. The van der Waals surface area contributed by atoms with Gasteiger partial charge in [0.2, 0.25) is 17.8 Å². The number of ether oxygens (including phenoxy) is 3. The first-order chi connectivity index (χ1) is 23.1. The van der Waals surface area contributed by atoms with Crippen LogP contribution in [0.15, 0.2) is 48.4 Å². The quantitative estimate of drug-likeness (QED) is 0.286. The van der Waals surface area contributed by atoms with E-state index in [1.807, 2.05) is 7.05 Å². The third kappa shape index (κ3) is 7.29. The van der Waals surface area contributed by atoms with Gasteiger partial charge >= 0.3 is 0 Å². The SMILES string of the molecule is C=CC(=O)N[C@H]1CCOC[C@H]1Nc1ncc2cc(-c3c(Cl)c(OC)cc(OC)c3Cl)c(=O)n(CCC3CN(C(=O)C=C)CCN3C)c2n1. The van der Waals surface area contributed by atoms with Crippen LogP contribution >= 0.6 is 23.2 Å². The lowest BCUT2D eigenvalue weighted by atomic mass is 10.0. The highest BCUT2D eigenvalue weighted by atomic mass is 35.5. The molecule has 1 aromatic carbocycles. The summed E-state index contributed by atoms with van der Waals surface area (Å²) >= 11 is 13.5. The summed E-state index contributed by atoms with van der Waals surface area (Å²) in [6.07, 6.45) is 5.27. The molecule has 3 atom stereocenters. The fraction of sp³-hybridized carbons (Fsp3) is 0.424. The number of aryl methyl sites for hydroxylation is 1. The molecule has 13 nitrogen and oxygen atoms in total. The van der Waals surface area contributed by atoms with Gasteiger partial charge in [0, 0.05) is 62.0 Å². The summed E-state index contributed by atoms with van der Waals surface area (Å²) in [4.78, 5) is 52.3. The molecule has 256 valence electrons. The van der Waals surface area contributed by atoms with E-state index in [4.69, 9.17) is 42.4 Å². The van der Waals surface area contributed by atoms with Gasteiger partial charge in [-0.15, -0.1) is 0 Å². The topological polar surface area (TPSA) is 140 Å². The summed E-state index contributed by atoms with van der Waals surface area (Å²) in [5.74, 6) is 0.416. The van der Waals surface area contributed by atoms with E-state index in [1.54, 1.807) is 27.8 Å². The number of carbonyl (C=O) groups excluding carboxylic acids is 2. The van der Waals surface area contributed by atoms with Gasteiger partial charge in [-0.25, -0.2) is 4.98 Å². The highest BCUT2D eigenvalue weighted by molar-refractivity contribution is 6.41. The number of hydrogen-bond donors (Lipinski definition) is 2. The monoisotopic (exact) mass is 699 g/mol. The number of nitrogens with zero attached hydrogens (tertiary/aromatic N) is 5. The molecule has 5 rings (SSSR count). The van der Waals surface area contributed by atoms with Crippen molar-refractivity contribution in [2.45, 2.75) is 37.5 Å². The van der Waals surface area contributed by atoms with Crippen molar-refractivity contribution >= 4 is 52.0 Å². The van der Waals surface area contributed by atoms with Gasteiger partial charge in [-0.1, -0.05) is 36.4 Å². The number of piperazine rings is 1. The van der Waals surface area contributed by atoms with Gasteiger partial charge in [-0.05, 0) is 38.1 Å². The van der Waals surface area contributed by atoms with Crippen LogP contribution in [0.2, 0.25) is 10.0 Å². The highest BCUT2D eigenvalue weighted by Crippen LogP contribution is 2.45. The lowest BCUT2D eigenvalue weighted by Crippen LogP contribution is -2.53. The number of halogens is 2. The Hall–Kier alpha value is -4.17. The number of hydrogen-bond acceptors (Lipinski definition) is 10. The lowest BCUT2D eigenvalue weighted by molar-refractivity contribution is -0.128. The van der Waals surface area contributed by atoms with Crippen molar-refractivity contribution in [2.24, 2.45) is 0 Å². The van der Waals surface area contributed by atoms with E-state index in [1.165, 1.54) is 26.4 Å². The van der Waals surface area contributed by atoms with Crippen LogP contribution in [0.3, 0.4) is 0 Å². The van der Waals surface area contributed by atoms with E-state index in [0.717, 1.165) is 0 Å². The van der Waals surface area contributed by atoms with Crippen LogP contribution in [-0.2, 0) is 20.9 Å². The summed E-state index contributed by atoms with van der Waals surface area (Å²) in [5, 5.41) is 7.08. The molecule has 0 saturated carbocycles. The lowest BCUT2D eigenvalue weighted by Gasteiger charge is -2.39. The molecule has 2 fully saturated rings. The smallest absolute Gasteiger partial charge is 0.260 e. The summed E-state index contributed by atoms with van der Waals surface area (Å²) in [6.45, 7) is 9.99. The summed E-state index contributed by atoms with van der Waals surface area (Å²) in [6, 6.07) is 2.60. The standard InChI is InChI=1S/C33H39Cl2N7O6/c1-6-26(43)37-22-9-13-48-18-23(22)38-33-36-16-19-14-21(28-29(34)24(46-4)15-25(47-5)30(28)35)32(45)42(31(19)39-33)10-8-20-17-41(27(44)7-2)12-11-40(20)3/h6-7,14-16,20,22-23H,1-2,8-13,17-18H2,3-5H3,(H,37,43)(H,36,38,39)/t20?,22-,23+/m0/s1. The molecule has 2 amide bonds. The average molecular weight is 701 g/mol. The second kappa shape index (κ2) is 15.4. The molecule has 0 spiro atoms. The van der Waals surface area contributed by atoms with Crippen molar-refractivity contribution in [1.82, 2.24) is 29.7 Å². The van der Waals surface area contributed by atoms with E-state index in [-0.39, 0.29) is 69.2 Å². The van der Waals surface area contributed by atoms with Gasteiger partial charge in [0.1, 0.15) is 17.1 Å². The Morgan fingerprint density at radius 3 is 2.50 bits per heavy atom. The largest absolute Gasteiger partial charge is 0.495 e. The van der Waals surface area contributed by atoms with E-state index in [9.17, 15) is 14.4 Å². The number of likely N-dealkylation sites (N-methyl/N-ethyl adjacent to an activating group) is 1. The molecule has 0 bridgehead atoms. The van der Waals surface area contributed by atoms with Crippen LogP contribution in [0, 0.1) is 0 Å². The molecular formula is C33H39Cl2N7O6. The number of rotatable bonds is 11. The van der Waals surface area contributed by atoms with Crippen LogP contribution in [0.5, 0.6) is 11.5 Å². The first-order valence-electron chi connectivity index (χ1n) is 15.5. The predicted molar refractivity (Wildman–Crippen MR) is 185 cm³/mol. The van der Waals surface area contributed by atoms with E-state index >= 15 is 0 Å². The van der Waals surface area contributed by atoms with Crippen molar-refractivity contribution < 1.29 is 23.8 Å². The first-order valence-corrected chi connectivity index (χ1v) is 16.2. The number of pyridine rings is 1. The Kier molecular flexibility index (Phi) is 11.3. The van der Waals surface area contributed by atoms with Gasteiger partial charge < -0.3 is 29.7 Å². The van der Waals surface area contributed by atoms with Crippen LogP contribution < -0.4 is 25.7 Å². The maximum Gasteiger partial charge on any atom is 0.260 e. The van der Waals surface area contributed by atoms with Gasteiger partial charge in [0.25, 0.3) is 5.56 Å². The van der Waals surface area contributed by atoms with Gasteiger partial charge in [0.05, 0.1) is 48.5 Å². The second-order valence-corrected chi connectivity index (χ2v) is 12.4. The number of carbonyl (C=O) groups is 2. The van der Waals surface area contributed by atoms with Crippen LogP contribution in [0.4, 0.5) is 5.95 Å². The Bertz CT molecular complexity index is 1760. The molecule has 2 N–H and O–H groups in total. The molecular weight excluding hydrogens is 661 g/mol. The summed E-state index contributed by atoms with van der Waals surface area (Å²) in [5.41, 5.74) is 0.465. The van der Waals surface area contributed by atoms with Crippen LogP contribution in [-0.4, -0.2) is 108 Å². The summed E-state index contributed by atoms with van der Waals surface area (Å²) in [7, 11) is 4.92. The average Bonchev–Trinajstić information content (AvgIpc) is 3.09. The highest BCUT2D eigenvalue weighted by Gasteiger charge is 2.30. The molecule has 3 aromatic rings. The molecule has 1 unspecified atom stereocenters. The number of nitrogens with one attached hydrogen (secondary N) is 2. The third-order valence-corrected chi connectivity index (χ3v) is 9.55. The van der Waals surface area contributed by atoms with Crippen molar-refractivity contribution in [1.29, 1.82) is 0 Å². The Morgan fingerprint density at radius 2 is 1.83 bits per heavy atom. The van der Waals surface area contributed by atoms with Crippen molar-refractivity contribution in [3.8, 4) is 22.6 Å². The Balaban J connectivity index is 1.59. The van der Waals surface area contributed by atoms with Gasteiger partial charge in [-0.2, -0.15) is 4.98 Å². The Morgan fingerprint density at radius 1 is 1.10 bits per heavy atom. The van der Waals surface area contributed by atoms with Gasteiger partial charge in [0.15, 0.2) is 0 Å². The molecule has 2 aliphatic heterocycles. The molecule has 0 radical (unpaired) electrons. The van der Waals surface area contributed by atoms with E-state index in [2.05, 4.69) is 33.7 Å². The summed E-state index contributed by atoms with van der Waals surface area (Å²) < 4.78 is 18.2. The van der Waals surface area contributed by atoms with Crippen molar-refractivity contribution in [2.75, 3.05) is 59.4 Å². The molecule has 48 heavy (non-hydrogen) atoms. The van der Waals surface area contributed by atoms with E-state index in [0.29, 0.717) is 68.2 Å². The zero-order valence-corrected chi connectivity index (χ0v) is 28.6. The number of methoxy groups -OCH3 is 2. The van der Waals surface area contributed by atoms with Gasteiger partial charge in [-0.3, -0.25) is 23.9 Å². The van der Waals surface area contributed by atoms with E-state index < -0.39 is 0 Å². The second-order valence-electron chi connectivity index (χ2n) is 11.6. The minimum atomic E-state index is -0.388. The predicted octanol–water partition coefficient (Wildman–Crippen LogP) is 3.37. The molecule has 2 aromatic heterocycles. The number of anilines is 1. The third-order valence-electron chi connectivity index (χ3n) is 8.80. The minimum Gasteiger partial charge on any atom is -0.495 e. The van der Waals surface area contributed by atoms with Crippen molar-refractivity contribution in [3.63, 3.8) is 0 Å². The molecule has 2 saturated heterocycles. The number of aromatic nitrogens is 3. The zero-order chi connectivity index (χ0) is 34.5. The number of fused-ring (bicyclic) bond motifs is 1. The normalized spacial score (nSPS) is 19.9. The first kappa shape index (κ1) is 35.1. The molecule has 2 aliphatic rings. The van der Waals surface area contributed by atoms with Crippen LogP contribution in [0.1, 0.15) is 12.8 Å². The maximum atomic E-state index is 14.5. The maximum absolute atomic E-state index is 14.5. The number of benzene rings is 1. The molecule has 15 heteroatoms.